The summed E-state index contributed by atoms with van der Waals surface area (Å²) < 4.78 is 27.1. The summed E-state index contributed by atoms with van der Waals surface area (Å²) in [6.45, 7) is 1.05. The lowest BCUT2D eigenvalue weighted by Gasteiger charge is -2.31. The maximum Gasteiger partial charge on any atom is 0.244 e. The van der Waals surface area contributed by atoms with Crippen LogP contribution in [0.4, 0.5) is 5.82 Å². The molecule has 0 saturated carbocycles. The van der Waals surface area contributed by atoms with Crippen LogP contribution in [0.1, 0.15) is 18.5 Å². The Labute approximate surface area is 142 Å². The smallest absolute Gasteiger partial charge is 0.244 e. The normalized spacial score (nSPS) is 19.1. The molecule has 1 N–H and O–H groups in total. The summed E-state index contributed by atoms with van der Waals surface area (Å²) in [5, 5.41) is 3.04. The lowest BCUT2D eigenvalue weighted by atomic mass is 9.94. The van der Waals surface area contributed by atoms with Gasteiger partial charge in [0.1, 0.15) is 10.7 Å². The molecule has 2 aromatic rings. The van der Waals surface area contributed by atoms with Crippen LogP contribution in [0.2, 0.25) is 0 Å². The molecule has 3 rings (SSSR count). The Hall–Kier alpha value is -2.06. The molecule has 0 aliphatic carbocycles. The van der Waals surface area contributed by atoms with Crippen LogP contribution in [0, 0.1) is 5.92 Å². The van der Waals surface area contributed by atoms with E-state index >= 15 is 0 Å². The van der Waals surface area contributed by atoms with Gasteiger partial charge in [-0.3, -0.25) is 9.97 Å². The van der Waals surface area contributed by atoms with Gasteiger partial charge in [-0.25, -0.2) is 13.4 Å². The lowest BCUT2D eigenvalue weighted by Crippen LogP contribution is -2.40. The standard InChI is InChI=1S/C16H21N5O2S/c1-17-16-15(19-7-8-20-16)10-13-4-3-9-21(12-13)24(22,23)14-5-2-6-18-11-14/h2,5-8,11,13H,3-4,9-10,12H2,1H3,(H,17,20). The highest BCUT2D eigenvalue weighted by molar-refractivity contribution is 7.89. The molecule has 1 aliphatic heterocycles. The van der Waals surface area contributed by atoms with Gasteiger partial charge in [-0.05, 0) is 37.3 Å². The van der Waals surface area contributed by atoms with Crippen LogP contribution in [-0.4, -0.2) is 47.8 Å². The zero-order valence-electron chi connectivity index (χ0n) is 13.6. The second-order valence-corrected chi connectivity index (χ2v) is 7.80. The van der Waals surface area contributed by atoms with Crippen molar-refractivity contribution in [2.75, 3.05) is 25.5 Å². The average Bonchev–Trinajstić information content (AvgIpc) is 2.63. The summed E-state index contributed by atoms with van der Waals surface area (Å²) in [4.78, 5) is 12.8. The Balaban J connectivity index is 1.75. The monoisotopic (exact) mass is 347 g/mol. The van der Waals surface area contributed by atoms with Crippen molar-refractivity contribution in [3.63, 3.8) is 0 Å². The highest BCUT2D eigenvalue weighted by Crippen LogP contribution is 2.26. The van der Waals surface area contributed by atoms with E-state index in [1.165, 1.54) is 6.20 Å². The zero-order chi connectivity index (χ0) is 17.0. The maximum atomic E-state index is 12.8. The van der Waals surface area contributed by atoms with Crippen LogP contribution in [-0.2, 0) is 16.4 Å². The van der Waals surface area contributed by atoms with E-state index in [9.17, 15) is 8.42 Å². The van der Waals surface area contributed by atoms with E-state index < -0.39 is 10.0 Å². The van der Waals surface area contributed by atoms with Gasteiger partial charge in [0.25, 0.3) is 0 Å². The first kappa shape index (κ1) is 16.8. The Bertz CT molecular complexity index is 782. The van der Waals surface area contributed by atoms with E-state index in [1.807, 2.05) is 7.05 Å². The molecular formula is C16H21N5O2S. The quantitative estimate of drug-likeness (QED) is 0.883. The number of aromatic nitrogens is 3. The maximum absolute atomic E-state index is 12.8. The Morgan fingerprint density at radius 2 is 2.12 bits per heavy atom. The number of hydrogen-bond acceptors (Lipinski definition) is 6. The summed E-state index contributed by atoms with van der Waals surface area (Å²) in [5.41, 5.74) is 0.880. The molecule has 0 spiro atoms. The zero-order valence-corrected chi connectivity index (χ0v) is 14.4. The minimum atomic E-state index is -3.48. The van der Waals surface area contributed by atoms with E-state index in [0.29, 0.717) is 19.5 Å². The summed E-state index contributed by atoms with van der Waals surface area (Å²) in [7, 11) is -1.67. The second kappa shape index (κ2) is 7.23. The van der Waals surface area contributed by atoms with Gasteiger partial charge in [0.05, 0.1) is 5.69 Å². The van der Waals surface area contributed by atoms with E-state index in [4.69, 9.17) is 0 Å². The van der Waals surface area contributed by atoms with Crippen molar-refractivity contribution in [3.05, 3.63) is 42.6 Å². The van der Waals surface area contributed by atoms with Crippen LogP contribution in [0.3, 0.4) is 0 Å². The molecule has 8 heteroatoms. The Morgan fingerprint density at radius 1 is 1.29 bits per heavy atom. The largest absolute Gasteiger partial charge is 0.372 e. The number of sulfonamides is 1. The molecule has 0 radical (unpaired) electrons. The van der Waals surface area contributed by atoms with Crippen LogP contribution in [0.25, 0.3) is 0 Å². The molecule has 1 fully saturated rings. The fourth-order valence-corrected chi connectivity index (χ4v) is 4.58. The fourth-order valence-electron chi connectivity index (χ4n) is 3.06. The summed E-state index contributed by atoms with van der Waals surface area (Å²) in [5.74, 6) is 0.985. The van der Waals surface area contributed by atoms with Gasteiger partial charge in [-0.15, -0.1) is 0 Å². The fraction of sp³-hybridized carbons (Fsp3) is 0.438. The predicted molar refractivity (Wildman–Crippen MR) is 91.0 cm³/mol. The van der Waals surface area contributed by atoms with Crippen molar-refractivity contribution in [1.29, 1.82) is 0 Å². The molecular weight excluding hydrogens is 326 g/mol. The van der Waals surface area contributed by atoms with E-state index in [1.54, 1.807) is 35.0 Å². The number of pyridine rings is 1. The molecule has 7 nitrogen and oxygen atoms in total. The van der Waals surface area contributed by atoms with E-state index in [0.717, 1.165) is 24.4 Å². The minimum Gasteiger partial charge on any atom is -0.372 e. The minimum absolute atomic E-state index is 0.231. The van der Waals surface area contributed by atoms with Gasteiger partial charge in [-0.1, -0.05) is 0 Å². The van der Waals surface area contributed by atoms with Gasteiger partial charge < -0.3 is 5.32 Å². The van der Waals surface area contributed by atoms with Crippen molar-refractivity contribution in [2.24, 2.45) is 5.92 Å². The number of hydrogen-bond donors (Lipinski definition) is 1. The van der Waals surface area contributed by atoms with Crippen LogP contribution < -0.4 is 5.32 Å². The third kappa shape index (κ3) is 3.54. The van der Waals surface area contributed by atoms with Crippen LogP contribution in [0.5, 0.6) is 0 Å². The number of rotatable bonds is 5. The van der Waals surface area contributed by atoms with Crippen molar-refractivity contribution in [2.45, 2.75) is 24.2 Å². The molecule has 1 saturated heterocycles. The van der Waals surface area contributed by atoms with Gasteiger partial charge in [0, 0.05) is 44.9 Å². The second-order valence-electron chi connectivity index (χ2n) is 5.87. The molecule has 3 heterocycles. The lowest BCUT2D eigenvalue weighted by molar-refractivity contribution is 0.264. The first-order chi connectivity index (χ1) is 11.6. The molecule has 1 atom stereocenters. The molecule has 2 aromatic heterocycles. The first-order valence-corrected chi connectivity index (χ1v) is 9.43. The molecule has 1 unspecified atom stereocenters. The van der Waals surface area contributed by atoms with Gasteiger partial charge in [-0.2, -0.15) is 4.31 Å². The number of anilines is 1. The van der Waals surface area contributed by atoms with Crippen molar-refractivity contribution < 1.29 is 8.42 Å². The van der Waals surface area contributed by atoms with Crippen LogP contribution in [0.15, 0.2) is 41.8 Å². The van der Waals surface area contributed by atoms with Crippen molar-refractivity contribution >= 4 is 15.8 Å². The third-order valence-electron chi connectivity index (χ3n) is 4.25. The molecule has 128 valence electrons. The average molecular weight is 347 g/mol. The molecule has 0 bridgehead atoms. The third-order valence-corrected chi connectivity index (χ3v) is 6.10. The molecule has 0 aromatic carbocycles. The van der Waals surface area contributed by atoms with Crippen LogP contribution >= 0.6 is 0 Å². The van der Waals surface area contributed by atoms with Gasteiger partial charge in [0.2, 0.25) is 10.0 Å². The van der Waals surface area contributed by atoms with Gasteiger partial charge in [0.15, 0.2) is 0 Å². The highest BCUT2D eigenvalue weighted by atomic mass is 32.2. The SMILES string of the molecule is CNc1nccnc1CC1CCCN(S(=O)(=O)c2cccnc2)C1. The predicted octanol–water partition coefficient (Wildman–Crippen LogP) is 1.56. The van der Waals surface area contributed by atoms with Crippen molar-refractivity contribution in [1.82, 2.24) is 19.3 Å². The van der Waals surface area contributed by atoms with Gasteiger partial charge >= 0.3 is 0 Å². The van der Waals surface area contributed by atoms with E-state index in [2.05, 4.69) is 20.3 Å². The first-order valence-electron chi connectivity index (χ1n) is 7.99. The highest BCUT2D eigenvalue weighted by Gasteiger charge is 2.30. The number of nitrogens with one attached hydrogen (secondary N) is 1. The summed E-state index contributed by atoms with van der Waals surface area (Å²) >= 11 is 0. The topological polar surface area (TPSA) is 88.1 Å². The number of piperidine rings is 1. The molecule has 0 amide bonds. The Kier molecular flexibility index (Phi) is 5.06. The summed E-state index contributed by atoms with van der Waals surface area (Å²) in [6, 6.07) is 3.24. The van der Waals surface area contributed by atoms with Crippen molar-refractivity contribution in [3.8, 4) is 0 Å². The number of nitrogens with zero attached hydrogens (tertiary/aromatic N) is 4. The Morgan fingerprint density at radius 3 is 2.88 bits per heavy atom. The molecule has 1 aliphatic rings. The summed E-state index contributed by atoms with van der Waals surface area (Å²) in [6.07, 6.45) is 8.84. The van der Waals surface area contributed by atoms with E-state index in [-0.39, 0.29) is 10.8 Å². The molecule has 24 heavy (non-hydrogen) atoms.